The predicted octanol–water partition coefficient (Wildman–Crippen LogP) is 2.02. The number of anilines is 1. The summed E-state index contributed by atoms with van der Waals surface area (Å²) < 4.78 is 24.6. The quantitative estimate of drug-likeness (QED) is 0.836. The molecule has 0 atom stereocenters. The fourth-order valence-corrected chi connectivity index (χ4v) is 2.21. The molecule has 0 spiro atoms. The Kier molecular flexibility index (Phi) is 3.24. The van der Waals surface area contributed by atoms with Crippen molar-refractivity contribution in [1.82, 2.24) is 4.90 Å². The van der Waals surface area contributed by atoms with Crippen LogP contribution in [0.1, 0.15) is 18.4 Å². The van der Waals surface area contributed by atoms with E-state index < -0.39 is 18.4 Å². The smallest absolute Gasteiger partial charge is 0.255 e. The first kappa shape index (κ1) is 12.8. The molecule has 0 aromatic heterocycles. The third-order valence-corrected chi connectivity index (χ3v) is 3.38. The van der Waals surface area contributed by atoms with Gasteiger partial charge in [-0.25, -0.2) is 8.78 Å². The lowest BCUT2D eigenvalue weighted by molar-refractivity contribution is -0.134. The van der Waals surface area contributed by atoms with E-state index in [4.69, 9.17) is 5.73 Å². The van der Waals surface area contributed by atoms with Crippen LogP contribution in [0.2, 0.25) is 0 Å². The monoisotopic (exact) mass is 254 g/mol. The zero-order valence-corrected chi connectivity index (χ0v) is 10.2. The molecule has 1 aliphatic carbocycles. The molecule has 0 heterocycles. The second-order valence-electron chi connectivity index (χ2n) is 4.78. The second kappa shape index (κ2) is 4.55. The molecule has 98 valence electrons. The minimum atomic E-state index is -2.50. The van der Waals surface area contributed by atoms with E-state index in [0.717, 1.165) is 10.5 Å². The largest absolute Gasteiger partial charge is 0.399 e. The van der Waals surface area contributed by atoms with Crippen molar-refractivity contribution in [2.75, 3.05) is 19.3 Å². The van der Waals surface area contributed by atoms with Crippen molar-refractivity contribution in [3.8, 4) is 0 Å². The van der Waals surface area contributed by atoms with E-state index >= 15 is 0 Å². The Morgan fingerprint density at radius 2 is 1.94 bits per heavy atom. The molecule has 1 amide bonds. The van der Waals surface area contributed by atoms with Gasteiger partial charge >= 0.3 is 0 Å². The number of nitrogens with two attached hydrogens (primary N) is 1. The third kappa shape index (κ3) is 2.30. The number of nitrogen functional groups attached to an aromatic ring is 1. The van der Waals surface area contributed by atoms with Crippen LogP contribution in [0.5, 0.6) is 0 Å². The first-order chi connectivity index (χ1) is 8.45. The predicted molar refractivity (Wildman–Crippen MR) is 65.4 cm³/mol. The maximum absolute atomic E-state index is 12.3. The topological polar surface area (TPSA) is 46.3 Å². The van der Waals surface area contributed by atoms with Gasteiger partial charge in [-0.15, -0.1) is 0 Å². The number of likely N-dealkylation sites (N-methyl/N-ethyl adjacent to an activating group) is 1. The Morgan fingerprint density at radius 1 is 1.39 bits per heavy atom. The molecule has 1 aliphatic rings. The molecule has 2 rings (SSSR count). The Balaban J connectivity index is 2.16. The van der Waals surface area contributed by atoms with Crippen molar-refractivity contribution in [3.05, 3.63) is 29.8 Å². The van der Waals surface area contributed by atoms with E-state index in [1.54, 1.807) is 24.3 Å². The first-order valence-corrected chi connectivity index (χ1v) is 5.85. The lowest BCUT2D eigenvalue weighted by atomic mass is 9.94. The molecule has 5 heteroatoms. The highest BCUT2D eigenvalue weighted by molar-refractivity contribution is 5.91. The number of hydrogen-bond acceptors (Lipinski definition) is 2. The van der Waals surface area contributed by atoms with Crippen molar-refractivity contribution < 1.29 is 13.6 Å². The molecule has 1 fully saturated rings. The van der Waals surface area contributed by atoms with Crippen molar-refractivity contribution in [2.45, 2.75) is 24.7 Å². The molecule has 0 radical (unpaired) electrons. The van der Waals surface area contributed by atoms with E-state index in [1.165, 1.54) is 7.05 Å². The average Bonchev–Trinajstić information content (AvgIpc) is 3.09. The minimum absolute atomic E-state index is 0.229. The summed E-state index contributed by atoms with van der Waals surface area (Å²) in [5.41, 5.74) is 6.49. The lowest BCUT2D eigenvalue weighted by Crippen LogP contribution is -2.39. The molecule has 1 saturated carbocycles. The fourth-order valence-electron chi connectivity index (χ4n) is 2.21. The normalized spacial score (nSPS) is 16.7. The molecule has 1 aromatic rings. The van der Waals surface area contributed by atoms with E-state index in [0.29, 0.717) is 18.5 Å². The summed E-state index contributed by atoms with van der Waals surface area (Å²) in [7, 11) is 1.42. The molecule has 0 aliphatic heterocycles. The Bertz CT molecular complexity index is 441. The van der Waals surface area contributed by atoms with Gasteiger partial charge in [-0.2, -0.15) is 0 Å². The zero-order valence-electron chi connectivity index (χ0n) is 10.2. The molecule has 18 heavy (non-hydrogen) atoms. The molecule has 0 unspecified atom stereocenters. The van der Waals surface area contributed by atoms with Crippen LogP contribution in [0.4, 0.5) is 14.5 Å². The molecule has 3 nitrogen and oxygen atoms in total. The van der Waals surface area contributed by atoms with Gasteiger partial charge in [0.05, 0.1) is 12.0 Å². The molecule has 1 aromatic carbocycles. The second-order valence-corrected chi connectivity index (χ2v) is 4.78. The van der Waals surface area contributed by atoms with Gasteiger partial charge in [0.25, 0.3) is 6.43 Å². The summed E-state index contributed by atoms with van der Waals surface area (Å²) in [6, 6.07) is 7.07. The number of nitrogens with zero attached hydrogens (tertiary/aromatic N) is 1. The summed E-state index contributed by atoms with van der Waals surface area (Å²) in [6.07, 6.45) is -1.08. The van der Waals surface area contributed by atoms with Gasteiger partial charge in [0, 0.05) is 12.7 Å². The summed E-state index contributed by atoms with van der Waals surface area (Å²) in [4.78, 5) is 13.3. The van der Waals surface area contributed by atoms with Gasteiger partial charge in [-0.05, 0) is 30.5 Å². The van der Waals surface area contributed by atoms with Gasteiger partial charge in [0.2, 0.25) is 5.91 Å². The highest BCUT2D eigenvalue weighted by Gasteiger charge is 2.52. The number of halogens is 2. The number of hydrogen-bond donors (Lipinski definition) is 1. The van der Waals surface area contributed by atoms with Crippen molar-refractivity contribution in [1.29, 1.82) is 0 Å². The molecular formula is C13H16F2N2O. The highest BCUT2D eigenvalue weighted by atomic mass is 19.3. The number of carbonyl (C=O) groups excluding carboxylic acids is 1. The maximum Gasteiger partial charge on any atom is 0.255 e. The standard InChI is InChI=1S/C13H16F2N2O/c1-17(8-11(14)15)12(18)13(6-7-13)9-2-4-10(16)5-3-9/h2-5,11H,6-8,16H2,1H3. The van der Waals surface area contributed by atoms with Crippen molar-refractivity contribution >= 4 is 11.6 Å². The zero-order chi connectivity index (χ0) is 13.3. The van der Waals surface area contributed by atoms with Crippen molar-refractivity contribution in [3.63, 3.8) is 0 Å². The van der Waals surface area contributed by atoms with Gasteiger partial charge < -0.3 is 10.6 Å². The average molecular weight is 254 g/mol. The van der Waals surface area contributed by atoms with Crippen LogP contribution in [0.15, 0.2) is 24.3 Å². The minimum Gasteiger partial charge on any atom is -0.399 e. The van der Waals surface area contributed by atoms with Gasteiger partial charge in [-0.1, -0.05) is 12.1 Å². The Hall–Kier alpha value is -1.65. The SMILES string of the molecule is CN(CC(F)F)C(=O)C1(c2ccc(N)cc2)CC1. The Morgan fingerprint density at radius 3 is 2.39 bits per heavy atom. The van der Waals surface area contributed by atoms with Gasteiger partial charge in [-0.3, -0.25) is 4.79 Å². The van der Waals surface area contributed by atoms with Crippen LogP contribution in [0.3, 0.4) is 0 Å². The van der Waals surface area contributed by atoms with Gasteiger partial charge in [0.15, 0.2) is 0 Å². The van der Waals surface area contributed by atoms with Crippen LogP contribution in [-0.4, -0.2) is 30.8 Å². The molecule has 0 bridgehead atoms. The summed E-state index contributed by atoms with van der Waals surface area (Å²) in [6.45, 7) is -0.518. The number of alkyl halides is 2. The number of rotatable bonds is 4. The highest BCUT2D eigenvalue weighted by Crippen LogP contribution is 2.49. The van der Waals surface area contributed by atoms with Crippen LogP contribution in [0.25, 0.3) is 0 Å². The van der Waals surface area contributed by atoms with Crippen LogP contribution >= 0.6 is 0 Å². The third-order valence-electron chi connectivity index (χ3n) is 3.38. The van der Waals surface area contributed by atoms with E-state index in [-0.39, 0.29) is 5.91 Å². The van der Waals surface area contributed by atoms with Crippen LogP contribution in [-0.2, 0) is 10.2 Å². The number of carbonyl (C=O) groups is 1. The summed E-state index contributed by atoms with van der Waals surface area (Å²) in [5.74, 6) is -0.229. The summed E-state index contributed by atoms with van der Waals surface area (Å²) in [5, 5.41) is 0. The maximum atomic E-state index is 12.3. The Labute approximate surface area is 105 Å². The van der Waals surface area contributed by atoms with Crippen LogP contribution in [0, 0.1) is 0 Å². The van der Waals surface area contributed by atoms with E-state index in [2.05, 4.69) is 0 Å². The molecule has 2 N–H and O–H groups in total. The van der Waals surface area contributed by atoms with Crippen molar-refractivity contribution in [2.24, 2.45) is 0 Å². The first-order valence-electron chi connectivity index (χ1n) is 5.85. The number of benzene rings is 1. The lowest BCUT2D eigenvalue weighted by Gasteiger charge is -2.23. The van der Waals surface area contributed by atoms with Gasteiger partial charge in [0.1, 0.15) is 0 Å². The summed E-state index contributed by atoms with van der Waals surface area (Å²) >= 11 is 0. The van der Waals surface area contributed by atoms with E-state index in [9.17, 15) is 13.6 Å². The fraction of sp³-hybridized carbons (Fsp3) is 0.462. The molecule has 0 saturated heterocycles. The van der Waals surface area contributed by atoms with Crippen LogP contribution < -0.4 is 5.73 Å². The van der Waals surface area contributed by atoms with E-state index in [1.807, 2.05) is 0 Å². The number of amides is 1. The molecular weight excluding hydrogens is 238 g/mol.